The number of hydrogen-bond donors (Lipinski definition) is 2. The maximum Gasteiger partial charge on any atom is 0.191 e. The molecule has 0 aromatic carbocycles. The van der Waals surface area contributed by atoms with Crippen LogP contribution in [0.2, 0.25) is 0 Å². The van der Waals surface area contributed by atoms with E-state index in [1.807, 2.05) is 25.3 Å². The molecule has 3 rings (SSSR count). The fourth-order valence-corrected chi connectivity index (χ4v) is 5.14. The predicted molar refractivity (Wildman–Crippen MR) is 114 cm³/mol. The number of morpholine rings is 1. The zero-order valence-electron chi connectivity index (χ0n) is 16.5. The van der Waals surface area contributed by atoms with Gasteiger partial charge in [0.2, 0.25) is 0 Å². The SMILES string of the molecule is CN=C(NCc1sc(C)nc1C)NCC(c1ccc(C)s1)N1CCOCC1. The molecule has 27 heavy (non-hydrogen) atoms. The van der Waals surface area contributed by atoms with E-state index in [1.54, 1.807) is 11.3 Å². The standard InChI is InChI=1S/C19H29N5OS2/c1-13-5-6-17(26-13)16(24-7-9-25-10-8-24)11-21-19(20-4)22-12-18-14(2)23-15(3)27-18/h5-6,16H,7-12H2,1-4H3,(H2,20,21,22). The van der Waals surface area contributed by atoms with Crippen LogP contribution in [0.5, 0.6) is 0 Å². The Kier molecular flexibility index (Phi) is 7.23. The van der Waals surface area contributed by atoms with Crippen molar-refractivity contribution in [2.45, 2.75) is 33.4 Å². The van der Waals surface area contributed by atoms with Crippen LogP contribution in [0.15, 0.2) is 17.1 Å². The third-order valence-electron chi connectivity index (χ3n) is 4.68. The number of aryl methyl sites for hydroxylation is 3. The molecule has 0 aliphatic carbocycles. The van der Waals surface area contributed by atoms with Gasteiger partial charge >= 0.3 is 0 Å². The van der Waals surface area contributed by atoms with E-state index >= 15 is 0 Å². The monoisotopic (exact) mass is 407 g/mol. The number of thiazole rings is 1. The molecule has 148 valence electrons. The van der Waals surface area contributed by atoms with Crippen LogP contribution < -0.4 is 10.6 Å². The average molecular weight is 408 g/mol. The number of aliphatic imine (C=N–C) groups is 1. The predicted octanol–water partition coefficient (Wildman–Crippen LogP) is 2.87. The summed E-state index contributed by atoms with van der Waals surface area (Å²) in [6.07, 6.45) is 0. The molecule has 1 unspecified atom stereocenters. The largest absolute Gasteiger partial charge is 0.379 e. The van der Waals surface area contributed by atoms with Crippen molar-refractivity contribution >= 4 is 28.6 Å². The number of guanidine groups is 1. The lowest BCUT2D eigenvalue weighted by atomic mass is 10.2. The second-order valence-electron chi connectivity index (χ2n) is 6.66. The van der Waals surface area contributed by atoms with Crippen molar-refractivity contribution in [2.24, 2.45) is 4.99 Å². The first-order valence-corrected chi connectivity index (χ1v) is 11.0. The molecule has 8 heteroatoms. The Hall–Kier alpha value is -1.48. The average Bonchev–Trinajstić information content (AvgIpc) is 3.23. The van der Waals surface area contributed by atoms with Gasteiger partial charge in [-0.2, -0.15) is 0 Å². The van der Waals surface area contributed by atoms with E-state index in [0.717, 1.165) is 56.1 Å². The van der Waals surface area contributed by atoms with Crippen LogP contribution in [0.4, 0.5) is 0 Å². The van der Waals surface area contributed by atoms with Gasteiger partial charge in [-0.05, 0) is 32.9 Å². The Morgan fingerprint density at radius 3 is 2.59 bits per heavy atom. The fraction of sp³-hybridized carbons (Fsp3) is 0.579. The highest BCUT2D eigenvalue weighted by molar-refractivity contribution is 7.12. The van der Waals surface area contributed by atoms with Crippen molar-refractivity contribution < 1.29 is 4.74 Å². The topological polar surface area (TPSA) is 61.8 Å². The molecule has 1 aliphatic rings. The Balaban J connectivity index is 1.61. The summed E-state index contributed by atoms with van der Waals surface area (Å²) in [5.41, 5.74) is 1.10. The molecule has 0 spiro atoms. The zero-order valence-corrected chi connectivity index (χ0v) is 18.2. The summed E-state index contributed by atoms with van der Waals surface area (Å²) in [4.78, 5) is 15.4. The summed E-state index contributed by atoms with van der Waals surface area (Å²) in [6, 6.07) is 4.79. The summed E-state index contributed by atoms with van der Waals surface area (Å²) in [6.45, 7) is 11.4. The highest BCUT2D eigenvalue weighted by Crippen LogP contribution is 2.27. The second kappa shape index (κ2) is 9.64. The first-order chi connectivity index (χ1) is 13.1. The number of nitrogens with one attached hydrogen (secondary N) is 2. The van der Waals surface area contributed by atoms with Gasteiger partial charge in [0.05, 0.1) is 36.5 Å². The third-order valence-corrected chi connectivity index (χ3v) is 6.85. The number of ether oxygens (including phenoxy) is 1. The van der Waals surface area contributed by atoms with Crippen LogP contribution >= 0.6 is 22.7 Å². The first-order valence-electron chi connectivity index (χ1n) is 9.32. The van der Waals surface area contributed by atoms with Crippen LogP contribution in [0.3, 0.4) is 0 Å². The number of aromatic nitrogens is 1. The highest BCUT2D eigenvalue weighted by atomic mass is 32.1. The highest BCUT2D eigenvalue weighted by Gasteiger charge is 2.24. The lowest BCUT2D eigenvalue weighted by molar-refractivity contribution is 0.0177. The van der Waals surface area contributed by atoms with E-state index in [0.29, 0.717) is 6.04 Å². The van der Waals surface area contributed by atoms with Crippen molar-refractivity contribution in [1.82, 2.24) is 20.5 Å². The van der Waals surface area contributed by atoms with Crippen LogP contribution in [0.25, 0.3) is 0 Å². The van der Waals surface area contributed by atoms with E-state index in [9.17, 15) is 0 Å². The van der Waals surface area contributed by atoms with Gasteiger partial charge in [-0.3, -0.25) is 9.89 Å². The van der Waals surface area contributed by atoms with E-state index in [2.05, 4.69) is 51.5 Å². The third kappa shape index (κ3) is 5.51. The van der Waals surface area contributed by atoms with Gasteiger partial charge < -0.3 is 15.4 Å². The molecular formula is C19H29N5OS2. The summed E-state index contributed by atoms with van der Waals surface area (Å²) < 4.78 is 5.54. The minimum atomic E-state index is 0.332. The molecule has 0 amide bonds. The van der Waals surface area contributed by atoms with Gasteiger partial charge in [0, 0.05) is 41.3 Å². The number of hydrogen-bond acceptors (Lipinski definition) is 6. The summed E-state index contributed by atoms with van der Waals surface area (Å²) >= 11 is 3.61. The smallest absolute Gasteiger partial charge is 0.191 e. The molecule has 2 N–H and O–H groups in total. The maximum atomic E-state index is 5.54. The molecule has 0 bridgehead atoms. The molecule has 3 heterocycles. The molecular weight excluding hydrogens is 378 g/mol. The van der Waals surface area contributed by atoms with Gasteiger partial charge in [-0.1, -0.05) is 0 Å². The number of thiophene rings is 1. The van der Waals surface area contributed by atoms with Crippen LogP contribution in [0.1, 0.15) is 31.4 Å². The number of nitrogens with zero attached hydrogens (tertiary/aromatic N) is 3. The molecule has 2 aromatic rings. The first kappa shape index (κ1) is 20.3. The van der Waals surface area contributed by atoms with Gasteiger partial charge in [0.1, 0.15) is 0 Å². The Labute approximate surface area is 169 Å². The van der Waals surface area contributed by atoms with E-state index in [-0.39, 0.29) is 0 Å². The molecule has 1 aliphatic heterocycles. The van der Waals surface area contributed by atoms with Crippen LogP contribution in [0, 0.1) is 20.8 Å². The van der Waals surface area contributed by atoms with E-state index < -0.39 is 0 Å². The number of rotatable bonds is 6. The van der Waals surface area contributed by atoms with Gasteiger partial charge in [-0.25, -0.2) is 4.98 Å². The minimum absolute atomic E-state index is 0.332. The molecule has 1 saturated heterocycles. The Bertz CT molecular complexity index is 764. The molecule has 6 nitrogen and oxygen atoms in total. The summed E-state index contributed by atoms with van der Waals surface area (Å²) in [7, 11) is 1.82. The fourth-order valence-electron chi connectivity index (χ4n) is 3.25. The van der Waals surface area contributed by atoms with Crippen molar-refractivity contribution in [3.8, 4) is 0 Å². The van der Waals surface area contributed by atoms with E-state index in [1.165, 1.54) is 14.6 Å². The normalized spacial score (nSPS) is 17.1. The second-order valence-corrected chi connectivity index (χ2v) is 9.27. The molecule has 0 radical (unpaired) electrons. The summed E-state index contributed by atoms with van der Waals surface area (Å²) in [5.74, 6) is 0.826. The Morgan fingerprint density at radius 2 is 2.00 bits per heavy atom. The molecule has 0 saturated carbocycles. The zero-order chi connectivity index (χ0) is 19.2. The van der Waals surface area contributed by atoms with Gasteiger partial charge in [-0.15, -0.1) is 22.7 Å². The lowest BCUT2D eigenvalue weighted by Crippen LogP contribution is -2.46. The van der Waals surface area contributed by atoms with Crippen molar-refractivity contribution in [3.05, 3.63) is 37.5 Å². The molecule has 1 fully saturated rings. The molecule has 1 atom stereocenters. The quantitative estimate of drug-likeness (QED) is 0.570. The maximum absolute atomic E-state index is 5.54. The summed E-state index contributed by atoms with van der Waals surface area (Å²) in [5, 5.41) is 8.05. The van der Waals surface area contributed by atoms with Crippen LogP contribution in [-0.4, -0.2) is 55.7 Å². The van der Waals surface area contributed by atoms with Crippen molar-refractivity contribution in [3.63, 3.8) is 0 Å². The minimum Gasteiger partial charge on any atom is -0.379 e. The Morgan fingerprint density at radius 1 is 1.22 bits per heavy atom. The van der Waals surface area contributed by atoms with Crippen molar-refractivity contribution in [1.29, 1.82) is 0 Å². The molecule has 2 aromatic heterocycles. The lowest BCUT2D eigenvalue weighted by Gasteiger charge is -2.34. The van der Waals surface area contributed by atoms with Crippen LogP contribution in [-0.2, 0) is 11.3 Å². The van der Waals surface area contributed by atoms with Gasteiger partial charge in [0.15, 0.2) is 5.96 Å². The van der Waals surface area contributed by atoms with Gasteiger partial charge in [0.25, 0.3) is 0 Å². The van der Waals surface area contributed by atoms with E-state index in [4.69, 9.17) is 4.74 Å². The van der Waals surface area contributed by atoms with Crippen molar-refractivity contribution in [2.75, 3.05) is 39.9 Å².